The van der Waals surface area contributed by atoms with E-state index in [2.05, 4.69) is 25.7 Å². The summed E-state index contributed by atoms with van der Waals surface area (Å²) in [4.78, 5) is 8.74. The molecule has 1 fully saturated rings. The number of aryl methyl sites for hydroxylation is 1. The highest BCUT2D eigenvalue weighted by atomic mass is 16.3. The van der Waals surface area contributed by atoms with Gasteiger partial charge >= 0.3 is 0 Å². The minimum atomic E-state index is -0.153. The van der Waals surface area contributed by atoms with Crippen molar-refractivity contribution in [3.05, 3.63) is 42.2 Å². The average molecular weight is 338 g/mol. The van der Waals surface area contributed by atoms with Gasteiger partial charge in [0.1, 0.15) is 5.82 Å². The Balaban J connectivity index is 1.56. The summed E-state index contributed by atoms with van der Waals surface area (Å²) < 4.78 is 1.82. The van der Waals surface area contributed by atoms with E-state index in [0.29, 0.717) is 12.0 Å². The Kier molecular flexibility index (Phi) is 4.23. The lowest BCUT2D eigenvalue weighted by Crippen LogP contribution is -2.29. The fourth-order valence-corrected chi connectivity index (χ4v) is 3.25. The summed E-state index contributed by atoms with van der Waals surface area (Å²) in [5.74, 6) is 1.48. The molecule has 0 spiro atoms. The number of anilines is 3. The quantitative estimate of drug-likeness (QED) is 0.678. The van der Waals surface area contributed by atoms with Crippen LogP contribution in [0.5, 0.6) is 0 Å². The van der Waals surface area contributed by atoms with E-state index in [-0.39, 0.29) is 6.10 Å². The van der Waals surface area contributed by atoms with Crippen molar-refractivity contribution in [1.29, 1.82) is 0 Å². The highest BCUT2D eigenvalue weighted by molar-refractivity contribution is 5.58. The molecule has 3 N–H and O–H groups in total. The number of fused-ring (bicyclic) bond motifs is 1. The van der Waals surface area contributed by atoms with Crippen molar-refractivity contribution < 1.29 is 5.11 Å². The van der Waals surface area contributed by atoms with E-state index in [4.69, 9.17) is 0 Å². The van der Waals surface area contributed by atoms with E-state index < -0.39 is 0 Å². The molecule has 3 heterocycles. The van der Waals surface area contributed by atoms with E-state index in [1.165, 1.54) is 0 Å². The van der Waals surface area contributed by atoms with Crippen molar-refractivity contribution in [2.45, 2.75) is 44.8 Å². The van der Waals surface area contributed by atoms with E-state index >= 15 is 0 Å². The van der Waals surface area contributed by atoms with Crippen LogP contribution < -0.4 is 10.6 Å². The molecule has 4 rings (SSSR count). The number of pyridine rings is 2. The summed E-state index contributed by atoms with van der Waals surface area (Å²) in [5, 5.41) is 21.0. The maximum absolute atomic E-state index is 9.66. The van der Waals surface area contributed by atoms with Crippen LogP contribution in [0.1, 0.15) is 31.4 Å². The topological polar surface area (TPSA) is 87.4 Å². The fourth-order valence-electron chi connectivity index (χ4n) is 3.25. The molecule has 1 aliphatic carbocycles. The van der Waals surface area contributed by atoms with Crippen LogP contribution in [-0.4, -0.2) is 36.8 Å². The molecule has 0 amide bonds. The van der Waals surface area contributed by atoms with Crippen molar-refractivity contribution >= 4 is 23.1 Å². The number of aromatic nitrogens is 4. The Morgan fingerprint density at radius 1 is 1.16 bits per heavy atom. The second-order valence-corrected chi connectivity index (χ2v) is 6.58. The normalized spacial score (nSPS) is 20.6. The van der Waals surface area contributed by atoms with Gasteiger partial charge in [0.2, 0.25) is 5.95 Å². The molecule has 0 radical (unpaired) electrons. The molecular weight excluding hydrogens is 316 g/mol. The van der Waals surface area contributed by atoms with Crippen LogP contribution in [-0.2, 0) is 0 Å². The Labute approximate surface area is 146 Å². The van der Waals surface area contributed by atoms with Crippen LogP contribution in [0.4, 0.5) is 17.5 Å². The zero-order valence-corrected chi connectivity index (χ0v) is 14.2. The monoisotopic (exact) mass is 338 g/mol. The molecule has 0 unspecified atom stereocenters. The molecule has 0 atom stereocenters. The molecule has 3 aromatic heterocycles. The lowest BCUT2D eigenvalue weighted by Gasteiger charge is -2.26. The molecule has 7 nitrogen and oxygen atoms in total. The maximum Gasteiger partial charge on any atom is 0.247 e. The van der Waals surface area contributed by atoms with Gasteiger partial charge in [0.25, 0.3) is 0 Å². The van der Waals surface area contributed by atoms with Crippen molar-refractivity contribution in [1.82, 2.24) is 19.6 Å². The predicted molar refractivity (Wildman–Crippen MR) is 97.1 cm³/mol. The summed E-state index contributed by atoms with van der Waals surface area (Å²) >= 11 is 0. The molecule has 0 bridgehead atoms. The number of aliphatic hydroxyl groups is 1. The third-order valence-corrected chi connectivity index (χ3v) is 4.56. The average Bonchev–Trinajstić information content (AvgIpc) is 3.00. The van der Waals surface area contributed by atoms with Gasteiger partial charge in [-0.25, -0.2) is 0 Å². The van der Waals surface area contributed by atoms with E-state index in [1.807, 2.05) is 41.8 Å². The number of nitrogens with one attached hydrogen (secondary N) is 2. The lowest BCUT2D eigenvalue weighted by atomic mass is 9.93. The van der Waals surface area contributed by atoms with Gasteiger partial charge in [-0.15, -0.1) is 5.10 Å². The van der Waals surface area contributed by atoms with Crippen molar-refractivity contribution in [3.63, 3.8) is 0 Å². The number of rotatable bonds is 4. The summed E-state index contributed by atoms with van der Waals surface area (Å²) in [5.41, 5.74) is 2.64. The van der Waals surface area contributed by atoms with Gasteiger partial charge in [-0.1, -0.05) is 6.07 Å². The van der Waals surface area contributed by atoms with Crippen LogP contribution in [0, 0.1) is 6.92 Å². The Morgan fingerprint density at radius 2 is 2.00 bits per heavy atom. The second-order valence-electron chi connectivity index (χ2n) is 6.58. The molecule has 25 heavy (non-hydrogen) atoms. The molecule has 0 saturated heterocycles. The highest BCUT2D eigenvalue weighted by Crippen LogP contribution is 2.23. The third-order valence-electron chi connectivity index (χ3n) is 4.56. The van der Waals surface area contributed by atoms with Gasteiger partial charge in [0.15, 0.2) is 5.65 Å². The van der Waals surface area contributed by atoms with Crippen molar-refractivity contribution in [3.8, 4) is 0 Å². The summed E-state index contributed by atoms with van der Waals surface area (Å²) in [6, 6.07) is 10.1. The molecular formula is C18H22N6O. The van der Waals surface area contributed by atoms with Gasteiger partial charge in [0, 0.05) is 23.6 Å². The van der Waals surface area contributed by atoms with Gasteiger partial charge in [0.05, 0.1) is 6.10 Å². The van der Waals surface area contributed by atoms with E-state index in [1.54, 1.807) is 6.20 Å². The second kappa shape index (κ2) is 6.68. The van der Waals surface area contributed by atoms with Crippen LogP contribution in [0.2, 0.25) is 0 Å². The summed E-state index contributed by atoms with van der Waals surface area (Å²) in [6.07, 6.45) is 5.23. The zero-order valence-electron chi connectivity index (χ0n) is 14.2. The van der Waals surface area contributed by atoms with Gasteiger partial charge in [-0.05, 0) is 56.9 Å². The summed E-state index contributed by atoms with van der Waals surface area (Å²) in [7, 11) is 0. The maximum atomic E-state index is 9.66. The van der Waals surface area contributed by atoms with Crippen LogP contribution in [0.3, 0.4) is 0 Å². The highest BCUT2D eigenvalue weighted by Gasteiger charge is 2.20. The first-order valence-electron chi connectivity index (χ1n) is 8.67. The smallest absolute Gasteiger partial charge is 0.247 e. The van der Waals surface area contributed by atoms with Crippen LogP contribution in [0.15, 0.2) is 36.5 Å². The van der Waals surface area contributed by atoms with Crippen LogP contribution in [0.25, 0.3) is 5.65 Å². The number of hydrogen-bond acceptors (Lipinski definition) is 6. The summed E-state index contributed by atoms with van der Waals surface area (Å²) in [6.45, 7) is 1.95. The standard InChI is InChI=1S/C18H22N6O/c1-12-11-14(9-10-19-12)21-18-22-17-4-2-3-16(24(17)23-18)20-13-5-7-15(25)8-6-13/h2-4,9-11,13,15,20,25H,5-8H2,1H3,(H,19,21,23). The van der Waals surface area contributed by atoms with E-state index in [0.717, 1.165) is 48.5 Å². The fraction of sp³-hybridized carbons (Fsp3) is 0.389. The lowest BCUT2D eigenvalue weighted by molar-refractivity contribution is 0.126. The minimum Gasteiger partial charge on any atom is -0.393 e. The van der Waals surface area contributed by atoms with Gasteiger partial charge in [-0.2, -0.15) is 9.50 Å². The molecule has 0 aliphatic heterocycles. The first-order valence-corrected chi connectivity index (χ1v) is 8.67. The zero-order chi connectivity index (χ0) is 17.2. The largest absolute Gasteiger partial charge is 0.393 e. The Hall–Kier alpha value is -2.67. The molecule has 1 saturated carbocycles. The van der Waals surface area contributed by atoms with Gasteiger partial charge in [-0.3, -0.25) is 4.98 Å². The Morgan fingerprint density at radius 3 is 2.80 bits per heavy atom. The first kappa shape index (κ1) is 15.8. The molecule has 130 valence electrons. The van der Waals surface area contributed by atoms with Crippen molar-refractivity contribution in [2.75, 3.05) is 10.6 Å². The molecule has 0 aromatic carbocycles. The molecule has 3 aromatic rings. The predicted octanol–water partition coefficient (Wildman–Crippen LogP) is 2.89. The van der Waals surface area contributed by atoms with Crippen LogP contribution >= 0.6 is 0 Å². The van der Waals surface area contributed by atoms with Gasteiger partial charge < -0.3 is 15.7 Å². The third kappa shape index (κ3) is 3.56. The molecule has 1 aliphatic rings. The number of nitrogens with zero attached hydrogens (tertiary/aromatic N) is 4. The van der Waals surface area contributed by atoms with Crippen molar-refractivity contribution in [2.24, 2.45) is 0 Å². The molecule has 7 heteroatoms. The number of aliphatic hydroxyl groups excluding tert-OH is 1. The van der Waals surface area contributed by atoms with E-state index in [9.17, 15) is 5.11 Å². The number of hydrogen-bond donors (Lipinski definition) is 3. The Bertz CT molecular complexity index is 869. The minimum absolute atomic E-state index is 0.153. The first-order chi connectivity index (χ1) is 12.2. The SMILES string of the molecule is Cc1cc(Nc2nc3cccc(NC4CCC(O)CC4)n3n2)ccn1.